The topological polar surface area (TPSA) is 107 Å². The molecule has 0 saturated heterocycles. The predicted octanol–water partition coefficient (Wildman–Crippen LogP) is 6.01. The van der Waals surface area contributed by atoms with Gasteiger partial charge >= 0.3 is 18.1 Å². The zero-order valence-electron chi connectivity index (χ0n) is 20.8. The summed E-state index contributed by atoms with van der Waals surface area (Å²) in [6.07, 6.45) is -4.16. The summed E-state index contributed by atoms with van der Waals surface area (Å²) in [6.45, 7) is 4.94. The van der Waals surface area contributed by atoms with Crippen molar-refractivity contribution >= 4 is 45.9 Å². The van der Waals surface area contributed by atoms with Crippen LogP contribution in [0.2, 0.25) is 0 Å². The van der Waals surface area contributed by atoms with E-state index in [2.05, 4.69) is 15.3 Å². The van der Waals surface area contributed by atoms with Gasteiger partial charge in [0.1, 0.15) is 15.6 Å². The Labute approximate surface area is 225 Å². The number of halogens is 3. The van der Waals surface area contributed by atoms with E-state index >= 15 is 0 Å². The lowest BCUT2D eigenvalue weighted by Gasteiger charge is -2.14. The number of alkyl halides is 3. The molecule has 13 heteroatoms. The molecule has 0 aliphatic rings. The van der Waals surface area contributed by atoms with Crippen molar-refractivity contribution in [2.75, 3.05) is 19.0 Å². The normalized spacial score (nSPS) is 12.1. The van der Waals surface area contributed by atoms with E-state index < -0.39 is 35.0 Å². The molecule has 0 radical (unpaired) electrons. The maximum atomic E-state index is 13.5. The van der Waals surface area contributed by atoms with Gasteiger partial charge in [0.2, 0.25) is 5.91 Å². The molecule has 2 aromatic heterocycles. The fourth-order valence-electron chi connectivity index (χ4n) is 3.21. The summed E-state index contributed by atoms with van der Waals surface area (Å²) in [7, 11) is 1.19. The van der Waals surface area contributed by atoms with Gasteiger partial charge in [-0.3, -0.25) is 4.79 Å². The summed E-state index contributed by atoms with van der Waals surface area (Å²) in [6, 6.07) is 9.14. The molecule has 1 unspecified atom stereocenters. The second-order valence-corrected chi connectivity index (χ2v) is 10.3. The SMILES string of the molecule is CCCOC(=O)c1c(NC(=O)C(C)Sc2nc(-c3ccccc3)cc(C(F)(F)F)n2)sc(C(=O)OC)c1C. The van der Waals surface area contributed by atoms with E-state index in [1.165, 1.54) is 21.0 Å². The van der Waals surface area contributed by atoms with Gasteiger partial charge in [0.15, 0.2) is 5.16 Å². The molecule has 1 amide bonds. The highest BCUT2D eigenvalue weighted by Gasteiger charge is 2.34. The van der Waals surface area contributed by atoms with E-state index in [1.807, 2.05) is 6.92 Å². The standard InChI is InChI=1S/C25H24F3N3O5S2/c1-5-11-36-22(33)18-13(2)19(23(34)35-4)38-21(18)31-20(32)14(3)37-24-29-16(15-9-7-6-8-10-15)12-17(30-24)25(26,27)28/h6-10,12,14H,5,11H2,1-4H3,(H,31,32). The fraction of sp³-hybridized carbons (Fsp3) is 0.320. The van der Waals surface area contributed by atoms with Crippen LogP contribution in [0.3, 0.4) is 0 Å². The Kier molecular flexibility index (Phi) is 9.50. The number of hydrogen-bond acceptors (Lipinski definition) is 9. The molecule has 0 spiro atoms. The van der Waals surface area contributed by atoms with Crippen LogP contribution in [-0.2, 0) is 20.4 Å². The minimum Gasteiger partial charge on any atom is -0.465 e. The van der Waals surface area contributed by atoms with Crippen LogP contribution >= 0.6 is 23.1 Å². The summed E-state index contributed by atoms with van der Waals surface area (Å²) >= 11 is 1.56. The number of ether oxygens (including phenoxy) is 2. The van der Waals surface area contributed by atoms with Crippen molar-refractivity contribution in [3.05, 3.63) is 58.1 Å². The van der Waals surface area contributed by atoms with E-state index in [1.54, 1.807) is 30.3 Å². The third kappa shape index (κ3) is 6.90. The molecule has 0 aliphatic carbocycles. The van der Waals surface area contributed by atoms with E-state index in [4.69, 9.17) is 9.47 Å². The van der Waals surface area contributed by atoms with Crippen LogP contribution in [0.25, 0.3) is 11.3 Å². The number of nitrogens with zero attached hydrogens (tertiary/aromatic N) is 2. The number of benzene rings is 1. The average Bonchev–Trinajstić information content (AvgIpc) is 3.21. The van der Waals surface area contributed by atoms with Crippen LogP contribution in [0.1, 0.15) is 51.6 Å². The number of hydrogen-bond donors (Lipinski definition) is 1. The molecule has 0 saturated carbocycles. The van der Waals surface area contributed by atoms with Gasteiger partial charge in [-0.15, -0.1) is 11.3 Å². The largest absolute Gasteiger partial charge is 0.465 e. The second-order valence-electron chi connectivity index (χ2n) is 7.92. The number of carbonyl (C=O) groups is 3. The first-order chi connectivity index (χ1) is 18.0. The molecular formula is C25H24F3N3O5S2. The third-order valence-electron chi connectivity index (χ3n) is 5.11. The molecule has 3 rings (SSSR count). The van der Waals surface area contributed by atoms with Crippen molar-refractivity contribution in [1.82, 2.24) is 9.97 Å². The molecule has 2 heterocycles. The van der Waals surface area contributed by atoms with Crippen LogP contribution in [0, 0.1) is 6.92 Å². The van der Waals surface area contributed by atoms with Crippen molar-refractivity contribution in [1.29, 1.82) is 0 Å². The van der Waals surface area contributed by atoms with Crippen molar-refractivity contribution in [2.24, 2.45) is 0 Å². The molecule has 8 nitrogen and oxygen atoms in total. The van der Waals surface area contributed by atoms with Crippen molar-refractivity contribution in [3.8, 4) is 11.3 Å². The molecule has 0 bridgehead atoms. The highest BCUT2D eigenvalue weighted by Crippen LogP contribution is 2.36. The highest BCUT2D eigenvalue weighted by molar-refractivity contribution is 8.00. The summed E-state index contributed by atoms with van der Waals surface area (Å²) < 4.78 is 50.5. The van der Waals surface area contributed by atoms with Gasteiger partial charge in [0.05, 0.1) is 30.2 Å². The van der Waals surface area contributed by atoms with E-state index in [0.717, 1.165) is 29.2 Å². The molecule has 202 valence electrons. The van der Waals surface area contributed by atoms with Crippen LogP contribution in [0.4, 0.5) is 18.2 Å². The lowest BCUT2D eigenvalue weighted by Crippen LogP contribution is -2.24. The zero-order chi connectivity index (χ0) is 28.0. The molecular weight excluding hydrogens is 543 g/mol. The number of thiophene rings is 1. The number of esters is 2. The van der Waals surface area contributed by atoms with Gasteiger partial charge < -0.3 is 14.8 Å². The Morgan fingerprint density at radius 2 is 1.82 bits per heavy atom. The number of anilines is 1. The van der Waals surface area contributed by atoms with Gasteiger partial charge in [0, 0.05) is 5.56 Å². The Balaban J connectivity index is 1.89. The minimum absolute atomic E-state index is 0.0103. The van der Waals surface area contributed by atoms with Crippen molar-refractivity contribution in [2.45, 2.75) is 43.8 Å². The molecule has 0 fully saturated rings. The Bertz CT molecular complexity index is 1330. The fourth-order valence-corrected chi connectivity index (χ4v) is 5.11. The number of carbonyl (C=O) groups excluding carboxylic acids is 3. The Morgan fingerprint density at radius 3 is 2.42 bits per heavy atom. The number of rotatable bonds is 9. The monoisotopic (exact) mass is 567 g/mol. The van der Waals surface area contributed by atoms with Gasteiger partial charge in [-0.2, -0.15) is 13.2 Å². The van der Waals surface area contributed by atoms with E-state index in [0.29, 0.717) is 12.0 Å². The Morgan fingerprint density at radius 1 is 1.13 bits per heavy atom. The first-order valence-electron chi connectivity index (χ1n) is 11.3. The van der Waals surface area contributed by atoms with Gasteiger partial charge in [0.25, 0.3) is 0 Å². The maximum Gasteiger partial charge on any atom is 0.433 e. The zero-order valence-corrected chi connectivity index (χ0v) is 22.5. The molecule has 3 aromatic rings. The molecule has 38 heavy (non-hydrogen) atoms. The predicted molar refractivity (Wildman–Crippen MR) is 137 cm³/mol. The summed E-state index contributed by atoms with van der Waals surface area (Å²) in [4.78, 5) is 45.8. The van der Waals surface area contributed by atoms with Gasteiger partial charge in [-0.05, 0) is 31.9 Å². The molecule has 1 atom stereocenters. The number of aromatic nitrogens is 2. The van der Waals surface area contributed by atoms with Crippen LogP contribution in [0.15, 0.2) is 41.6 Å². The third-order valence-corrected chi connectivity index (χ3v) is 7.26. The minimum atomic E-state index is -4.72. The van der Waals surface area contributed by atoms with Gasteiger partial charge in [-0.25, -0.2) is 19.6 Å². The summed E-state index contributed by atoms with van der Waals surface area (Å²) in [5, 5.41) is 1.44. The van der Waals surface area contributed by atoms with Crippen LogP contribution < -0.4 is 5.32 Å². The number of nitrogens with one attached hydrogen (secondary N) is 1. The molecule has 1 N–H and O–H groups in total. The first-order valence-corrected chi connectivity index (χ1v) is 13.0. The number of thioether (sulfide) groups is 1. The van der Waals surface area contributed by atoms with Gasteiger partial charge in [-0.1, -0.05) is 49.0 Å². The van der Waals surface area contributed by atoms with Crippen molar-refractivity contribution in [3.63, 3.8) is 0 Å². The first kappa shape index (κ1) is 29.1. The number of amides is 1. The average molecular weight is 568 g/mol. The lowest BCUT2D eigenvalue weighted by molar-refractivity contribution is -0.141. The maximum absolute atomic E-state index is 13.5. The summed E-state index contributed by atoms with van der Waals surface area (Å²) in [5.41, 5.74) is -0.332. The second kappa shape index (κ2) is 12.4. The lowest BCUT2D eigenvalue weighted by atomic mass is 10.1. The highest BCUT2D eigenvalue weighted by atomic mass is 32.2. The Hall–Kier alpha value is -3.45. The number of methoxy groups -OCH3 is 1. The van der Waals surface area contributed by atoms with Crippen LogP contribution in [-0.4, -0.2) is 46.8 Å². The van der Waals surface area contributed by atoms with E-state index in [9.17, 15) is 27.6 Å². The quantitative estimate of drug-likeness (QED) is 0.190. The van der Waals surface area contributed by atoms with E-state index in [-0.39, 0.29) is 38.5 Å². The molecule has 0 aliphatic heterocycles. The van der Waals surface area contributed by atoms with Crippen LogP contribution in [0.5, 0.6) is 0 Å². The summed E-state index contributed by atoms with van der Waals surface area (Å²) in [5.74, 6) is -2.05. The smallest absolute Gasteiger partial charge is 0.433 e. The van der Waals surface area contributed by atoms with Crippen molar-refractivity contribution < 1.29 is 37.0 Å². The molecule has 1 aromatic carbocycles.